The van der Waals surface area contributed by atoms with Gasteiger partial charge in [-0.3, -0.25) is 14.5 Å². The maximum atomic E-state index is 13.8. The highest BCUT2D eigenvalue weighted by molar-refractivity contribution is 8.00. The zero-order chi connectivity index (χ0) is 27.6. The van der Waals surface area contributed by atoms with Crippen LogP contribution in [-0.2, 0) is 14.3 Å². The van der Waals surface area contributed by atoms with Gasteiger partial charge in [0.05, 0.1) is 28.5 Å². The van der Waals surface area contributed by atoms with Crippen molar-refractivity contribution in [2.24, 2.45) is 0 Å². The largest absolute Gasteiger partial charge is 0.376 e. The van der Waals surface area contributed by atoms with Gasteiger partial charge in [0.1, 0.15) is 12.4 Å². The number of fused-ring (bicyclic) bond motifs is 1. The number of ether oxygens (including phenoxy) is 1. The highest BCUT2D eigenvalue weighted by atomic mass is 32.2. The van der Waals surface area contributed by atoms with Crippen LogP contribution in [0, 0.1) is 13.8 Å². The summed E-state index contributed by atoms with van der Waals surface area (Å²) in [6, 6.07) is 20.5. The molecule has 2 aliphatic heterocycles. The predicted molar refractivity (Wildman–Crippen MR) is 161 cm³/mol. The maximum absolute atomic E-state index is 13.8. The summed E-state index contributed by atoms with van der Waals surface area (Å²) >= 11 is 3.27. The lowest BCUT2D eigenvalue weighted by Crippen LogP contribution is -2.44. The molecule has 4 aromatic rings. The number of hydrogen-bond acceptors (Lipinski definition) is 6. The molecule has 9 heteroatoms. The molecule has 7 nitrogen and oxygen atoms in total. The van der Waals surface area contributed by atoms with E-state index in [2.05, 4.69) is 54.9 Å². The molecule has 6 rings (SSSR count). The summed E-state index contributed by atoms with van der Waals surface area (Å²) in [5, 5.41) is 10.2. The number of aromatic nitrogens is 2. The van der Waals surface area contributed by atoms with Gasteiger partial charge in [-0.05, 0) is 49.8 Å². The van der Waals surface area contributed by atoms with E-state index in [1.54, 1.807) is 28.0 Å². The van der Waals surface area contributed by atoms with Crippen molar-refractivity contribution in [3.05, 3.63) is 87.6 Å². The lowest BCUT2D eigenvalue weighted by molar-refractivity contribution is -0.123. The molecule has 1 N–H and O–H groups in total. The number of aryl methyl sites for hydroxylation is 2. The summed E-state index contributed by atoms with van der Waals surface area (Å²) < 4.78 is 7.57. The van der Waals surface area contributed by atoms with E-state index in [1.165, 1.54) is 0 Å². The van der Waals surface area contributed by atoms with Crippen LogP contribution in [0.15, 0.2) is 66.0 Å². The highest BCUT2D eigenvalue weighted by Gasteiger charge is 2.38. The van der Waals surface area contributed by atoms with E-state index >= 15 is 0 Å². The fraction of sp³-hybridized carbons (Fsp3) is 0.323. The molecule has 0 aliphatic carbocycles. The molecule has 0 radical (unpaired) electrons. The average Bonchev–Trinajstić information content (AvgIpc) is 3.72. The molecule has 4 heterocycles. The smallest absolute Gasteiger partial charge is 0.240 e. The molecule has 2 amide bonds. The van der Waals surface area contributed by atoms with Crippen LogP contribution < -0.4 is 10.2 Å². The fourth-order valence-electron chi connectivity index (χ4n) is 5.44. The van der Waals surface area contributed by atoms with Crippen LogP contribution in [0.2, 0.25) is 0 Å². The van der Waals surface area contributed by atoms with Crippen molar-refractivity contribution in [3.8, 4) is 16.9 Å². The van der Waals surface area contributed by atoms with Gasteiger partial charge in [-0.25, -0.2) is 4.68 Å². The van der Waals surface area contributed by atoms with Crippen LogP contribution >= 0.6 is 23.1 Å². The molecule has 0 saturated carbocycles. The number of thiophene rings is 1. The van der Waals surface area contributed by atoms with E-state index in [-0.39, 0.29) is 35.5 Å². The van der Waals surface area contributed by atoms with Crippen molar-refractivity contribution < 1.29 is 14.3 Å². The summed E-state index contributed by atoms with van der Waals surface area (Å²) in [4.78, 5) is 29.9. The number of amides is 2. The molecule has 0 unspecified atom stereocenters. The SMILES string of the molecule is Cc1ccc(-n2nc(-c3ccccc3)c3c2N(CC(=O)NC[C@@H]2CCCO2)C(=O)CS[C@H]3c2cccs2)c(C)c1. The second-order valence-electron chi connectivity index (χ2n) is 10.3. The van der Waals surface area contributed by atoms with Crippen molar-refractivity contribution in [1.82, 2.24) is 15.1 Å². The molecular weight excluding hydrogens is 541 g/mol. The Labute approximate surface area is 242 Å². The summed E-state index contributed by atoms with van der Waals surface area (Å²) in [6.07, 6.45) is 1.97. The van der Waals surface area contributed by atoms with Crippen molar-refractivity contribution in [2.75, 3.05) is 30.3 Å². The van der Waals surface area contributed by atoms with Gasteiger partial charge < -0.3 is 10.1 Å². The summed E-state index contributed by atoms with van der Waals surface area (Å²) in [5.74, 6) is 0.607. The number of nitrogens with zero attached hydrogens (tertiary/aromatic N) is 3. The minimum Gasteiger partial charge on any atom is -0.376 e. The van der Waals surface area contributed by atoms with Gasteiger partial charge in [0.2, 0.25) is 11.8 Å². The van der Waals surface area contributed by atoms with Gasteiger partial charge in [0.25, 0.3) is 0 Å². The first-order chi connectivity index (χ1) is 19.5. The number of hydrogen-bond donors (Lipinski definition) is 1. The van der Waals surface area contributed by atoms with Crippen molar-refractivity contribution in [2.45, 2.75) is 38.0 Å². The Morgan fingerprint density at radius 2 is 1.98 bits per heavy atom. The van der Waals surface area contributed by atoms with Gasteiger partial charge in [-0.1, -0.05) is 54.1 Å². The molecule has 2 aliphatic rings. The van der Waals surface area contributed by atoms with E-state index < -0.39 is 0 Å². The van der Waals surface area contributed by atoms with Gasteiger partial charge in [-0.2, -0.15) is 5.10 Å². The molecule has 2 aromatic carbocycles. The summed E-state index contributed by atoms with van der Waals surface area (Å²) in [6.45, 7) is 5.22. The van der Waals surface area contributed by atoms with Crippen molar-refractivity contribution >= 4 is 40.7 Å². The second-order valence-corrected chi connectivity index (χ2v) is 12.4. The molecule has 1 fully saturated rings. The Kier molecular flexibility index (Phi) is 7.78. The van der Waals surface area contributed by atoms with E-state index in [0.29, 0.717) is 12.4 Å². The Morgan fingerprint density at radius 1 is 1.12 bits per heavy atom. The third kappa shape index (κ3) is 5.33. The van der Waals surface area contributed by atoms with Crippen molar-refractivity contribution in [1.29, 1.82) is 0 Å². The number of thioether (sulfide) groups is 1. The number of benzene rings is 2. The molecule has 2 aromatic heterocycles. The van der Waals surface area contributed by atoms with Gasteiger partial charge >= 0.3 is 0 Å². The lowest BCUT2D eigenvalue weighted by Gasteiger charge is -2.24. The standard InChI is InChI=1S/C31H32N4O3S2/c1-20-12-13-24(21(2)16-20)35-31-28(29(33-35)22-8-4-3-5-9-22)30(25-11-7-15-39-25)40-19-27(37)34(31)18-26(36)32-17-23-10-6-14-38-23/h3-5,7-9,11-13,15-16,23,30H,6,10,14,17-19H2,1-2H3,(H,32,36)/t23-,30-/m0/s1. The van der Waals surface area contributed by atoms with Crippen LogP contribution in [-0.4, -0.2) is 53.1 Å². The maximum Gasteiger partial charge on any atom is 0.240 e. The van der Waals surface area contributed by atoms with Crippen LogP contribution in [0.1, 0.15) is 39.7 Å². The first-order valence-electron chi connectivity index (χ1n) is 13.6. The third-order valence-electron chi connectivity index (χ3n) is 7.37. The minimum atomic E-state index is -0.205. The van der Waals surface area contributed by atoms with Crippen LogP contribution in [0.25, 0.3) is 16.9 Å². The number of carbonyl (C=O) groups is 2. The first kappa shape index (κ1) is 26.8. The Hall–Kier alpha value is -3.40. The van der Waals surface area contributed by atoms with Crippen LogP contribution in [0.4, 0.5) is 5.82 Å². The van der Waals surface area contributed by atoms with Gasteiger partial charge in [0.15, 0.2) is 0 Å². The van der Waals surface area contributed by atoms with Crippen LogP contribution in [0.3, 0.4) is 0 Å². The normalized spacial score (nSPS) is 18.9. The fourth-order valence-corrected chi connectivity index (χ4v) is 7.61. The molecule has 206 valence electrons. The first-order valence-corrected chi connectivity index (χ1v) is 15.5. The molecule has 1 saturated heterocycles. The number of carbonyl (C=O) groups excluding carboxylic acids is 2. The molecule has 40 heavy (non-hydrogen) atoms. The number of rotatable bonds is 7. The Bertz CT molecular complexity index is 1510. The van der Waals surface area contributed by atoms with Gasteiger partial charge in [0, 0.05) is 29.2 Å². The van der Waals surface area contributed by atoms with E-state index in [9.17, 15) is 9.59 Å². The quantitative estimate of drug-likeness (QED) is 0.308. The molecule has 0 bridgehead atoms. The topological polar surface area (TPSA) is 76.5 Å². The highest BCUT2D eigenvalue weighted by Crippen LogP contribution is 2.49. The monoisotopic (exact) mass is 572 g/mol. The molecular formula is C31H32N4O3S2. The van der Waals surface area contributed by atoms with E-state index in [1.807, 2.05) is 35.0 Å². The van der Waals surface area contributed by atoms with E-state index in [4.69, 9.17) is 9.84 Å². The van der Waals surface area contributed by atoms with Gasteiger partial charge in [-0.15, -0.1) is 23.1 Å². The lowest BCUT2D eigenvalue weighted by atomic mass is 10.0. The number of nitrogens with one attached hydrogen (secondary N) is 1. The zero-order valence-electron chi connectivity index (χ0n) is 22.6. The van der Waals surface area contributed by atoms with E-state index in [0.717, 1.165) is 58.0 Å². The third-order valence-corrected chi connectivity index (χ3v) is 9.69. The van der Waals surface area contributed by atoms with Crippen molar-refractivity contribution in [3.63, 3.8) is 0 Å². The second kappa shape index (κ2) is 11.6. The molecule has 0 spiro atoms. The predicted octanol–water partition coefficient (Wildman–Crippen LogP) is 5.68. The summed E-state index contributed by atoms with van der Waals surface area (Å²) in [7, 11) is 0. The van der Waals surface area contributed by atoms with Crippen LogP contribution in [0.5, 0.6) is 0 Å². The number of anilines is 1. The average molecular weight is 573 g/mol. The molecule has 2 atom stereocenters. The summed E-state index contributed by atoms with van der Waals surface area (Å²) in [5.41, 5.74) is 5.83. The Morgan fingerprint density at radius 3 is 2.70 bits per heavy atom. The minimum absolute atomic E-state index is 0.0310. The Balaban J connectivity index is 1.52. The zero-order valence-corrected chi connectivity index (χ0v) is 24.3.